The number of ether oxygens (including phenoxy) is 1. The average molecular weight is 453 g/mol. The van der Waals surface area contributed by atoms with Crippen LogP contribution < -0.4 is 4.74 Å². The van der Waals surface area contributed by atoms with E-state index in [1.807, 2.05) is 66.7 Å². The Hall–Kier alpha value is -3.86. The Morgan fingerprint density at radius 1 is 0.824 bits per heavy atom. The molecule has 0 radical (unpaired) electrons. The maximum Gasteiger partial charge on any atom is 0.278 e. The number of carbonyl (C=O) groups excluding carboxylic acids is 2. The van der Waals surface area contributed by atoms with Crippen molar-refractivity contribution in [2.24, 2.45) is 0 Å². The Bertz CT molecular complexity index is 1230. The van der Waals surface area contributed by atoms with Crippen molar-refractivity contribution < 1.29 is 14.3 Å². The van der Waals surface area contributed by atoms with E-state index < -0.39 is 0 Å². The Kier molecular flexibility index (Phi) is 6.17. The second-order valence-corrected chi connectivity index (χ2v) is 8.72. The molecule has 0 aromatic heterocycles. The topological polar surface area (TPSA) is 49.9 Å². The third-order valence-electron chi connectivity index (χ3n) is 6.39. The lowest BCUT2D eigenvalue weighted by molar-refractivity contribution is -0.138. The third kappa shape index (κ3) is 4.21. The van der Waals surface area contributed by atoms with Gasteiger partial charge in [0.25, 0.3) is 11.8 Å². The van der Waals surface area contributed by atoms with Crippen LogP contribution in [0.4, 0.5) is 0 Å². The molecule has 2 heterocycles. The Morgan fingerprint density at radius 2 is 1.53 bits per heavy atom. The Balaban J connectivity index is 1.52. The summed E-state index contributed by atoms with van der Waals surface area (Å²) in [5, 5.41) is 0. The summed E-state index contributed by atoms with van der Waals surface area (Å²) >= 11 is 0. The van der Waals surface area contributed by atoms with Gasteiger partial charge in [-0.1, -0.05) is 73.7 Å². The molecule has 5 nitrogen and oxygen atoms in total. The van der Waals surface area contributed by atoms with Crippen LogP contribution in [0.5, 0.6) is 5.75 Å². The minimum absolute atomic E-state index is 0.227. The molecule has 172 valence electrons. The molecule has 0 saturated carbocycles. The number of hydrogen-bond donors (Lipinski definition) is 0. The molecule has 5 heteroatoms. The summed E-state index contributed by atoms with van der Waals surface area (Å²) < 4.78 is 5.71. The van der Waals surface area contributed by atoms with Gasteiger partial charge in [-0.25, -0.2) is 0 Å². The first-order valence-electron chi connectivity index (χ1n) is 11.8. The van der Waals surface area contributed by atoms with E-state index in [4.69, 9.17) is 4.74 Å². The molecule has 0 bridgehead atoms. The lowest BCUT2D eigenvalue weighted by Crippen LogP contribution is -2.37. The molecule has 2 aliphatic heterocycles. The van der Waals surface area contributed by atoms with Gasteiger partial charge in [0.1, 0.15) is 11.4 Å². The minimum atomic E-state index is -0.245. The zero-order valence-electron chi connectivity index (χ0n) is 19.4. The first-order chi connectivity index (χ1) is 16.7. The van der Waals surface area contributed by atoms with Gasteiger partial charge in [0.15, 0.2) is 0 Å². The minimum Gasteiger partial charge on any atom is -0.494 e. The Labute approximate surface area is 200 Å². The predicted octanol–water partition coefficient (Wildman–Crippen LogP) is 4.81. The highest BCUT2D eigenvalue weighted by Gasteiger charge is 2.42. The highest BCUT2D eigenvalue weighted by atomic mass is 16.5. The summed E-state index contributed by atoms with van der Waals surface area (Å²) in [7, 11) is 0. The monoisotopic (exact) mass is 452 g/mol. The molecular weight excluding hydrogens is 424 g/mol. The zero-order chi connectivity index (χ0) is 23.5. The first-order valence-corrected chi connectivity index (χ1v) is 11.8. The van der Waals surface area contributed by atoms with Gasteiger partial charge in [0, 0.05) is 13.1 Å². The number of benzene rings is 3. The van der Waals surface area contributed by atoms with Crippen LogP contribution in [0, 0.1) is 0 Å². The fourth-order valence-corrected chi connectivity index (χ4v) is 4.65. The van der Waals surface area contributed by atoms with Crippen LogP contribution in [0.25, 0.3) is 5.57 Å². The van der Waals surface area contributed by atoms with Crippen LogP contribution in [0.15, 0.2) is 84.6 Å². The normalized spacial score (nSPS) is 15.7. The molecule has 3 aromatic rings. The average Bonchev–Trinajstić information content (AvgIpc) is 3.13. The largest absolute Gasteiger partial charge is 0.494 e. The maximum atomic E-state index is 13.7. The van der Waals surface area contributed by atoms with Crippen molar-refractivity contribution in [3.8, 4) is 5.75 Å². The molecule has 0 aliphatic carbocycles. The van der Waals surface area contributed by atoms with Crippen LogP contribution in [-0.2, 0) is 29.1 Å². The first kappa shape index (κ1) is 22.0. The van der Waals surface area contributed by atoms with Gasteiger partial charge in [-0.3, -0.25) is 14.5 Å². The van der Waals surface area contributed by atoms with Crippen LogP contribution in [0.1, 0.15) is 35.6 Å². The van der Waals surface area contributed by atoms with E-state index in [0.717, 1.165) is 29.7 Å². The summed E-state index contributed by atoms with van der Waals surface area (Å²) in [5.74, 6) is 0.289. The van der Waals surface area contributed by atoms with E-state index in [9.17, 15) is 9.59 Å². The van der Waals surface area contributed by atoms with Gasteiger partial charge in [-0.15, -0.1) is 0 Å². The molecule has 5 rings (SSSR count). The van der Waals surface area contributed by atoms with Crippen molar-refractivity contribution in [3.63, 3.8) is 0 Å². The van der Waals surface area contributed by atoms with E-state index >= 15 is 0 Å². The standard InChI is InChI=1S/C29H28N2O3/c1-2-18-34-25-14-12-23(13-15-25)26-27(30-17-16-22-10-6-7-11-24(22)20-30)29(33)31(28(26)32)19-21-8-4-3-5-9-21/h3-15H,2,16-20H2,1H3. The van der Waals surface area contributed by atoms with E-state index in [-0.39, 0.29) is 18.4 Å². The van der Waals surface area contributed by atoms with E-state index in [1.54, 1.807) is 0 Å². The molecule has 2 aliphatic rings. The Morgan fingerprint density at radius 3 is 2.26 bits per heavy atom. The molecule has 3 aromatic carbocycles. The van der Waals surface area contributed by atoms with Crippen LogP contribution in [0.2, 0.25) is 0 Å². The van der Waals surface area contributed by atoms with Crippen LogP contribution in [0.3, 0.4) is 0 Å². The summed E-state index contributed by atoms with van der Waals surface area (Å²) in [6.07, 6.45) is 1.77. The summed E-state index contributed by atoms with van der Waals surface area (Å²) in [6, 6.07) is 25.5. The number of rotatable bonds is 7. The van der Waals surface area contributed by atoms with E-state index in [2.05, 4.69) is 24.0 Å². The number of fused-ring (bicyclic) bond motifs is 1. The van der Waals surface area contributed by atoms with Crippen molar-refractivity contribution in [3.05, 3.63) is 107 Å². The van der Waals surface area contributed by atoms with Gasteiger partial charge < -0.3 is 9.64 Å². The van der Waals surface area contributed by atoms with Gasteiger partial charge in [0.05, 0.1) is 18.7 Å². The summed E-state index contributed by atoms with van der Waals surface area (Å²) in [4.78, 5) is 30.8. The molecule has 0 unspecified atom stereocenters. The van der Waals surface area contributed by atoms with Crippen molar-refractivity contribution in [1.82, 2.24) is 9.80 Å². The highest BCUT2D eigenvalue weighted by Crippen LogP contribution is 2.35. The number of hydrogen-bond acceptors (Lipinski definition) is 4. The van der Waals surface area contributed by atoms with Gasteiger partial charge in [-0.2, -0.15) is 0 Å². The number of amides is 2. The zero-order valence-corrected chi connectivity index (χ0v) is 19.4. The van der Waals surface area contributed by atoms with Crippen molar-refractivity contribution >= 4 is 17.4 Å². The lowest BCUT2D eigenvalue weighted by Gasteiger charge is -2.31. The maximum absolute atomic E-state index is 13.7. The SMILES string of the molecule is CCCOc1ccc(C2=C(N3CCc4ccccc4C3)C(=O)N(Cc3ccccc3)C2=O)cc1. The molecule has 2 amide bonds. The van der Waals surface area contributed by atoms with Crippen molar-refractivity contribution in [2.45, 2.75) is 32.9 Å². The van der Waals surface area contributed by atoms with Crippen LogP contribution >= 0.6 is 0 Å². The quantitative estimate of drug-likeness (QED) is 0.483. The van der Waals surface area contributed by atoms with Gasteiger partial charge in [-0.05, 0) is 47.2 Å². The second kappa shape index (κ2) is 9.56. The molecular formula is C29H28N2O3. The number of nitrogens with zero attached hydrogens (tertiary/aromatic N) is 2. The summed E-state index contributed by atoms with van der Waals surface area (Å²) in [5.41, 5.74) is 5.14. The number of imide groups is 1. The fraction of sp³-hybridized carbons (Fsp3) is 0.241. The van der Waals surface area contributed by atoms with Crippen LogP contribution in [-0.4, -0.2) is 34.8 Å². The molecule has 34 heavy (non-hydrogen) atoms. The molecule has 0 saturated heterocycles. The molecule has 0 N–H and O–H groups in total. The second-order valence-electron chi connectivity index (χ2n) is 8.72. The van der Waals surface area contributed by atoms with Gasteiger partial charge >= 0.3 is 0 Å². The van der Waals surface area contributed by atoms with E-state index in [1.165, 1.54) is 16.0 Å². The third-order valence-corrected chi connectivity index (χ3v) is 6.39. The van der Waals surface area contributed by atoms with Gasteiger partial charge in [0.2, 0.25) is 0 Å². The lowest BCUT2D eigenvalue weighted by atomic mass is 9.98. The molecule has 0 atom stereocenters. The smallest absolute Gasteiger partial charge is 0.278 e. The molecule has 0 fully saturated rings. The fourth-order valence-electron chi connectivity index (χ4n) is 4.65. The summed E-state index contributed by atoms with van der Waals surface area (Å²) in [6.45, 7) is 4.28. The van der Waals surface area contributed by atoms with Crippen molar-refractivity contribution in [2.75, 3.05) is 13.2 Å². The van der Waals surface area contributed by atoms with Crippen molar-refractivity contribution in [1.29, 1.82) is 0 Å². The predicted molar refractivity (Wildman–Crippen MR) is 132 cm³/mol. The molecule has 0 spiro atoms. The highest BCUT2D eigenvalue weighted by molar-refractivity contribution is 6.35. The van der Waals surface area contributed by atoms with E-state index in [0.29, 0.717) is 31.0 Å². The number of carbonyl (C=O) groups is 2.